The monoisotopic (exact) mass is 426 g/mol. The number of hydrogen-bond donors (Lipinski definition) is 1. The average Bonchev–Trinajstić information content (AvgIpc) is 3.07. The summed E-state index contributed by atoms with van der Waals surface area (Å²) in [7, 11) is 0. The summed E-state index contributed by atoms with van der Waals surface area (Å²) in [5, 5.41) is 12.3. The zero-order chi connectivity index (χ0) is 22.4. The smallest absolute Gasteiger partial charge is 0.408 e. The molecule has 1 aliphatic heterocycles. The quantitative estimate of drug-likeness (QED) is 0.654. The van der Waals surface area contributed by atoms with Crippen LogP contribution in [-0.4, -0.2) is 29.8 Å². The molecule has 1 N–H and O–H groups in total. The van der Waals surface area contributed by atoms with Gasteiger partial charge in [0.05, 0.1) is 23.6 Å². The molecule has 31 heavy (non-hydrogen) atoms. The summed E-state index contributed by atoms with van der Waals surface area (Å²) in [5.74, 6) is -0.0445. The topological polar surface area (TPSA) is 88.4 Å². The molecular weight excluding hydrogens is 392 g/mol. The molecular formula is C25H34N2O4. The Morgan fingerprint density at radius 2 is 1.97 bits per heavy atom. The zero-order valence-electron chi connectivity index (χ0n) is 18.9. The van der Waals surface area contributed by atoms with E-state index < -0.39 is 11.7 Å². The van der Waals surface area contributed by atoms with Gasteiger partial charge in [-0.25, -0.2) is 4.79 Å². The first-order valence-corrected chi connectivity index (χ1v) is 11.4. The summed E-state index contributed by atoms with van der Waals surface area (Å²) < 4.78 is 11.2. The van der Waals surface area contributed by atoms with Crippen molar-refractivity contribution in [3.63, 3.8) is 0 Å². The number of carbonyl (C=O) groups is 2. The van der Waals surface area contributed by atoms with Crippen LogP contribution < -0.4 is 5.32 Å². The van der Waals surface area contributed by atoms with Gasteiger partial charge in [-0.3, -0.25) is 4.79 Å². The van der Waals surface area contributed by atoms with Gasteiger partial charge in [-0.15, -0.1) is 0 Å². The van der Waals surface area contributed by atoms with Gasteiger partial charge in [0.25, 0.3) is 0 Å². The van der Waals surface area contributed by atoms with Crippen LogP contribution >= 0.6 is 0 Å². The standard InChI is InChI=1S/C25H34N2O4/c1-25(2,3)31-24(29)27-21(13-17-9-5-4-6-10-17)22-15-20(23(28)30-22)14-18-11-7-8-12-19(18)16-26/h7-8,11-12,17,20-22H,4-6,9-10,13-15H2,1-3H3,(H,27,29)/t20-,21-,22-/m0/s1. The number of esters is 1. The second-order valence-corrected chi connectivity index (χ2v) is 9.87. The van der Waals surface area contributed by atoms with Crippen LogP contribution in [0.2, 0.25) is 0 Å². The number of ether oxygens (including phenoxy) is 2. The predicted octanol–water partition coefficient (Wildman–Crippen LogP) is 4.90. The third-order valence-corrected chi connectivity index (χ3v) is 6.18. The molecule has 0 radical (unpaired) electrons. The number of nitrogens with one attached hydrogen (secondary N) is 1. The largest absolute Gasteiger partial charge is 0.460 e. The molecule has 0 spiro atoms. The van der Waals surface area contributed by atoms with Crippen LogP contribution in [0.4, 0.5) is 4.79 Å². The first-order valence-electron chi connectivity index (χ1n) is 11.4. The van der Waals surface area contributed by atoms with Gasteiger partial charge in [0, 0.05) is 0 Å². The summed E-state index contributed by atoms with van der Waals surface area (Å²) in [4.78, 5) is 25.1. The number of benzene rings is 1. The highest BCUT2D eigenvalue weighted by atomic mass is 16.6. The highest BCUT2D eigenvalue weighted by Gasteiger charge is 2.41. The fourth-order valence-corrected chi connectivity index (χ4v) is 4.70. The fraction of sp³-hybridized carbons (Fsp3) is 0.640. The molecule has 1 amide bonds. The molecule has 168 valence electrons. The molecule has 1 heterocycles. The molecule has 0 aromatic heterocycles. The minimum absolute atomic E-state index is 0.252. The van der Waals surface area contributed by atoms with Crippen molar-refractivity contribution in [2.24, 2.45) is 11.8 Å². The molecule has 0 unspecified atom stereocenters. The van der Waals surface area contributed by atoms with Crippen LogP contribution in [0.1, 0.15) is 76.8 Å². The van der Waals surface area contributed by atoms with Crippen LogP contribution in [0.15, 0.2) is 24.3 Å². The summed E-state index contributed by atoms with van der Waals surface area (Å²) >= 11 is 0. The molecule has 1 aromatic rings. The molecule has 0 bridgehead atoms. The van der Waals surface area contributed by atoms with Crippen molar-refractivity contribution in [2.75, 3.05) is 0 Å². The number of carbonyl (C=O) groups excluding carboxylic acids is 2. The van der Waals surface area contributed by atoms with Crippen LogP contribution in [0, 0.1) is 23.2 Å². The van der Waals surface area contributed by atoms with Gasteiger partial charge in [0.2, 0.25) is 0 Å². The number of alkyl carbamates (subject to hydrolysis) is 1. The van der Waals surface area contributed by atoms with E-state index in [4.69, 9.17) is 9.47 Å². The second-order valence-electron chi connectivity index (χ2n) is 9.87. The van der Waals surface area contributed by atoms with E-state index in [1.165, 1.54) is 19.3 Å². The van der Waals surface area contributed by atoms with Gasteiger partial charge in [-0.2, -0.15) is 5.26 Å². The van der Waals surface area contributed by atoms with Gasteiger partial charge in [-0.1, -0.05) is 50.3 Å². The first-order chi connectivity index (χ1) is 14.7. The van der Waals surface area contributed by atoms with Crippen molar-refractivity contribution in [3.05, 3.63) is 35.4 Å². The molecule has 6 heteroatoms. The van der Waals surface area contributed by atoms with E-state index in [9.17, 15) is 14.9 Å². The highest BCUT2D eigenvalue weighted by molar-refractivity contribution is 5.75. The van der Waals surface area contributed by atoms with E-state index in [0.717, 1.165) is 24.8 Å². The molecule has 2 aliphatic rings. The third-order valence-electron chi connectivity index (χ3n) is 6.18. The molecule has 1 saturated heterocycles. The average molecular weight is 427 g/mol. The molecule has 1 aromatic carbocycles. The Balaban J connectivity index is 1.69. The molecule has 3 atom stereocenters. The number of nitriles is 1. The van der Waals surface area contributed by atoms with Gasteiger partial charge in [0.15, 0.2) is 0 Å². The van der Waals surface area contributed by atoms with E-state index in [-0.39, 0.29) is 24.0 Å². The van der Waals surface area contributed by atoms with Crippen molar-refractivity contribution >= 4 is 12.1 Å². The third kappa shape index (κ3) is 6.72. The van der Waals surface area contributed by atoms with Gasteiger partial charge < -0.3 is 14.8 Å². The Morgan fingerprint density at radius 3 is 2.65 bits per heavy atom. The first kappa shape index (κ1) is 23.1. The van der Waals surface area contributed by atoms with Crippen molar-refractivity contribution in [3.8, 4) is 6.07 Å². The SMILES string of the molecule is CC(C)(C)OC(=O)N[C@@H](CC1CCCCC1)[C@@H]1C[C@H](Cc2ccccc2C#N)C(=O)O1. The predicted molar refractivity (Wildman–Crippen MR) is 117 cm³/mol. The maximum atomic E-state index is 12.7. The van der Waals surface area contributed by atoms with Crippen molar-refractivity contribution in [1.29, 1.82) is 5.26 Å². The summed E-state index contributed by atoms with van der Waals surface area (Å²) in [6.45, 7) is 5.50. The lowest BCUT2D eigenvalue weighted by Gasteiger charge is -2.30. The summed E-state index contributed by atoms with van der Waals surface area (Å²) in [5.41, 5.74) is 0.857. The number of amides is 1. The minimum Gasteiger partial charge on any atom is -0.460 e. The Bertz CT molecular complexity index is 818. The molecule has 2 fully saturated rings. The molecule has 1 aliphatic carbocycles. The number of nitrogens with zero attached hydrogens (tertiary/aromatic N) is 1. The van der Waals surface area contributed by atoms with E-state index in [2.05, 4.69) is 11.4 Å². The van der Waals surface area contributed by atoms with Gasteiger partial charge in [-0.05, 0) is 57.6 Å². The van der Waals surface area contributed by atoms with Crippen molar-refractivity contribution in [2.45, 2.75) is 89.9 Å². The summed E-state index contributed by atoms with van der Waals surface area (Å²) in [6, 6.07) is 9.28. The van der Waals surface area contributed by atoms with Crippen molar-refractivity contribution < 1.29 is 19.1 Å². The Hall–Kier alpha value is -2.55. The van der Waals surface area contributed by atoms with Gasteiger partial charge >= 0.3 is 12.1 Å². The Kier molecular flexibility index (Phi) is 7.59. The molecule has 3 rings (SSSR count). The Labute approximate surface area is 185 Å². The maximum Gasteiger partial charge on any atom is 0.408 e. The highest BCUT2D eigenvalue weighted by Crippen LogP contribution is 2.33. The molecule has 1 saturated carbocycles. The second kappa shape index (κ2) is 10.2. The minimum atomic E-state index is -0.588. The maximum absolute atomic E-state index is 12.7. The van der Waals surface area contributed by atoms with Crippen LogP contribution in [0.25, 0.3) is 0 Å². The van der Waals surface area contributed by atoms with Crippen LogP contribution in [0.5, 0.6) is 0 Å². The lowest BCUT2D eigenvalue weighted by atomic mass is 9.82. The van der Waals surface area contributed by atoms with Crippen LogP contribution in [-0.2, 0) is 20.7 Å². The van der Waals surface area contributed by atoms with Crippen LogP contribution in [0.3, 0.4) is 0 Å². The lowest BCUT2D eigenvalue weighted by molar-refractivity contribution is -0.145. The summed E-state index contributed by atoms with van der Waals surface area (Å²) in [6.07, 6.45) is 6.93. The Morgan fingerprint density at radius 1 is 1.26 bits per heavy atom. The number of cyclic esters (lactones) is 1. The normalized spacial score (nSPS) is 23.0. The number of hydrogen-bond acceptors (Lipinski definition) is 5. The van der Waals surface area contributed by atoms with E-state index >= 15 is 0 Å². The van der Waals surface area contributed by atoms with E-state index in [0.29, 0.717) is 24.3 Å². The fourth-order valence-electron chi connectivity index (χ4n) is 4.70. The molecule has 6 nitrogen and oxygen atoms in total. The van der Waals surface area contributed by atoms with E-state index in [1.807, 2.05) is 39.0 Å². The van der Waals surface area contributed by atoms with Crippen molar-refractivity contribution in [1.82, 2.24) is 5.32 Å². The number of rotatable bonds is 6. The van der Waals surface area contributed by atoms with Gasteiger partial charge in [0.1, 0.15) is 11.7 Å². The zero-order valence-corrected chi connectivity index (χ0v) is 18.9. The lowest BCUT2D eigenvalue weighted by Crippen LogP contribution is -2.46. The van der Waals surface area contributed by atoms with E-state index in [1.54, 1.807) is 6.07 Å².